The highest BCUT2D eigenvalue weighted by Crippen LogP contribution is 2.25. The van der Waals surface area contributed by atoms with Gasteiger partial charge in [-0.2, -0.15) is 0 Å². The molecular formula is C34H43N5O7S. The molecule has 3 heterocycles. The fourth-order valence-corrected chi connectivity index (χ4v) is 6.36. The number of rotatable bonds is 19. The standard InChI is InChI=1S/C34H43N5O7S/c1-46-34(45)27(18-20-35-29(41)12-3-2-9-24-16-15-23-8-6-19-36-31(23)37-24)38-32(44)33-39-26-17-14-22(21-28(26)47-33)7-4-10-25(40)11-5-13-30(42)43/h14-17,21,27H,2-13,18-20H2,1H3,(H,35,41)(H,36,37)(H,38,44)(H,42,43)/t27-/m0/s1. The number of ether oxygens (including phenoxy) is 1. The highest BCUT2D eigenvalue weighted by atomic mass is 32.1. The van der Waals surface area contributed by atoms with Gasteiger partial charge in [0.25, 0.3) is 5.91 Å². The highest BCUT2D eigenvalue weighted by molar-refractivity contribution is 7.20. The van der Waals surface area contributed by atoms with Gasteiger partial charge in [-0.3, -0.25) is 19.2 Å². The van der Waals surface area contributed by atoms with Crippen molar-refractivity contribution in [3.8, 4) is 0 Å². The van der Waals surface area contributed by atoms with E-state index in [4.69, 9.17) is 14.8 Å². The molecule has 252 valence electrons. The number of carboxylic acids is 1. The van der Waals surface area contributed by atoms with Crippen molar-refractivity contribution < 1.29 is 33.8 Å². The van der Waals surface area contributed by atoms with Gasteiger partial charge in [0.1, 0.15) is 17.6 Å². The normalized spacial score (nSPS) is 12.9. The molecule has 0 radical (unpaired) electrons. The van der Waals surface area contributed by atoms with E-state index in [1.165, 1.54) is 24.0 Å². The molecule has 47 heavy (non-hydrogen) atoms. The Morgan fingerprint density at radius 3 is 2.62 bits per heavy atom. The van der Waals surface area contributed by atoms with Crippen molar-refractivity contribution in [2.75, 3.05) is 25.5 Å². The molecule has 1 atom stereocenters. The van der Waals surface area contributed by atoms with Gasteiger partial charge in [-0.05, 0) is 87.1 Å². The maximum atomic E-state index is 13.0. The van der Waals surface area contributed by atoms with E-state index in [0.29, 0.717) is 44.0 Å². The van der Waals surface area contributed by atoms with E-state index in [1.54, 1.807) is 0 Å². The van der Waals surface area contributed by atoms with Gasteiger partial charge in [-0.1, -0.05) is 12.1 Å². The summed E-state index contributed by atoms with van der Waals surface area (Å²) in [5, 5.41) is 17.8. The maximum absolute atomic E-state index is 13.0. The molecule has 0 spiro atoms. The van der Waals surface area contributed by atoms with Crippen molar-refractivity contribution in [2.24, 2.45) is 0 Å². The third-order valence-electron chi connectivity index (χ3n) is 8.00. The number of ketones is 1. The number of fused-ring (bicyclic) bond motifs is 2. The number of aliphatic carboxylic acids is 1. The number of aryl methyl sites for hydroxylation is 3. The number of nitrogens with one attached hydrogen (secondary N) is 3. The van der Waals surface area contributed by atoms with E-state index >= 15 is 0 Å². The van der Waals surface area contributed by atoms with Crippen LogP contribution in [0.1, 0.15) is 90.8 Å². The Morgan fingerprint density at radius 2 is 1.81 bits per heavy atom. The number of benzene rings is 1. The van der Waals surface area contributed by atoms with Crippen LogP contribution in [0.5, 0.6) is 0 Å². The fourth-order valence-electron chi connectivity index (χ4n) is 5.43. The maximum Gasteiger partial charge on any atom is 0.328 e. The Balaban J connectivity index is 1.18. The quantitative estimate of drug-likeness (QED) is 0.106. The number of esters is 1. The smallest absolute Gasteiger partial charge is 0.328 e. The van der Waals surface area contributed by atoms with E-state index in [1.807, 2.05) is 18.2 Å². The lowest BCUT2D eigenvalue weighted by atomic mass is 10.0. The van der Waals surface area contributed by atoms with Crippen molar-refractivity contribution in [1.29, 1.82) is 0 Å². The molecule has 2 amide bonds. The number of unbranched alkanes of at least 4 members (excludes halogenated alkanes) is 1. The molecular weight excluding hydrogens is 622 g/mol. The number of carboxylic acid groups (broad SMARTS) is 1. The molecule has 3 aromatic rings. The predicted octanol–water partition coefficient (Wildman–Crippen LogP) is 4.39. The van der Waals surface area contributed by atoms with E-state index in [-0.39, 0.29) is 42.5 Å². The first-order valence-electron chi connectivity index (χ1n) is 16.2. The number of amides is 2. The SMILES string of the molecule is COC(=O)[C@H](CCNC(=O)CCCCc1ccc2c(n1)NCCC2)NC(=O)c1nc2ccc(CCCC(=O)CCCC(=O)O)cc2s1. The molecule has 0 fully saturated rings. The Labute approximate surface area is 278 Å². The predicted molar refractivity (Wildman–Crippen MR) is 179 cm³/mol. The first-order chi connectivity index (χ1) is 22.7. The van der Waals surface area contributed by atoms with Gasteiger partial charge in [0.15, 0.2) is 5.01 Å². The second kappa shape index (κ2) is 18.1. The summed E-state index contributed by atoms with van der Waals surface area (Å²) in [7, 11) is 1.25. The third-order valence-corrected chi connectivity index (χ3v) is 9.02. The molecule has 12 nitrogen and oxygen atoms in total. The molecule has 0 unspecified atom stereocenters. The molecule has 1 aliphatic rings. The number of methoxy groups -OCH3 is 1. The second-order valence-electron chi connectivity index (χ2n) is 11.7. The number of aromatic nitrogens is 2. The summed E-state index contributed by atoms with van der Waals surface area (Å²) in [6.07, 6.45) is 7.34. The van der Waals surface area contributed by atoms with Gasteiger partial charge < -0.3 is 25.8 Å². The van der Waals surface area contributed by atoms with Gasteiger partial charge in [0, 0.05) is 44.5 Å². The summed E-state index contributed by atoms with van der Waals surface area (Å²) in [6, 6.07) is 8.90. The number of nitrogens with zero attached hydrogens (tertiary/aromatic N) is 2. The molecule has 2 aromatic heterocycles. The molecule has 13 heteroatoms. The van der Waals surface area contributed by atoms with Crippen LogP contribution in [0.2, 0.25) is 0 Å². The average molecular weight is 666 g/mol. The summed E-state index contributed by atoms with van der Waals surface area (Å²) in [6.45, 7) is 1.14. The van der Waals surface area contributed by atoms with Crippen LogP contribution in [0.3, 0.4) is 0 Å². The molecule has 1 aromatic carbocycles. The van der Waals surface area contributed by atoms with Crippen molar-refractivity contribution in [3.63, 3.8) is 0 Å². The number of thiazole rings is 1. The lowest BCUT2D eigenvalue weighted by Gasteiger charge is -2.17. The largest absolute Gasteiger partial charge is 0.481 e. The average Bonchev–Trinajstić information content (AvgIpc) is 3.49. The van der Waals surface area contributed by atoms with Gasteiger partial charge >= 0.3 is 11.9 Å². The Bertz CT molecular complexity index is 1570. The number of carbonyl (C=O) groups is 5. The van der Waals surface area contributed by atoms with Gasteiger partial charge in [-0.15, -0.1) is 11.3 Å². The summed E-state index contributed by atoms with van der Waals surface area (Å²) >= 11 is 1.20. The summed E-state index contributed by atoms with van der Waals surface area (Å²) in [4.78, 5) is 69.6. The topological polar surface area (TPSA) is 177 Å². The molecule has 0 saturated heterocycles. The van der Waals surface area contributed by atoms with Crippen molar-refractivity contribution in [3.05, 3.63) is 52.2 Å². The zero-order chi connectivity index (χ0) is 33.6. The summed E-state index contributed by atoms with van der Waals surface area (Å²) in [5.74, 6) is -1.11. The van der Waals surface area contributed by atoms with Gasteiger partial charge in [0.05, 0.1) is 17.3 Å². The Kier molecular flexibility index (Phi) is 13.6. The van der Waals surface area contributed by atoms with Crippen molar-refractivity contribution in [1.82, 2.24) is 20.6 Å². The monoisotopic (exact) mass is 665 g/mol. The van der Waals surface area contributed by atoms with Crippen LogP contribution in [0.15, 0.2) is 30.3 Å². The van der Waals surface area contributed by atoms with E-state index in [0.717, 1.165) is 54.0 Å². The molecule has 4 N–H and O–H groups in total. The Morgan fingerprint density at radius 1 is 0.979 bits per heavy atom. The number of hydrogen-bond acceptors (Lipinski definition) is 10. The molecule has 0 bridgehead atoms. The van der Waals surface area contributed by atoms with Gasteiger partial charge in [0.2, 0.25) is 5.91 Å². The molecule has 0 saturated carbocycles. The number of anilines is 1. The van der Waals surface area contributed by atoms with E-state index in [9.17, 15) is 24.0 Å². The number of Topliss-reactive ketones (excluding diaryl/α,β-unsaturated/α-hetero) is 1. The summed E-state index contributed by atoms with van der Waals surface area (Å²) < 4.78 is 5.69. The fraction of sp³-hybridized carbons (Fsp3) is 0.500. The van der Waals surface area contributed by atoms with Crippen LogP contribution in [0.4, 0.5) is 5.82 Å². The molecule has 1 aliphatic heterocycles. The first kappa shape index (κ1) is 35.5. The highest BCUT2D eigenvalue weighted by Gasteiger charge is 2.24. The minimum absolute atomic E-state index is 0.00545. The minimum atomic E-state index is -0.952. The third kappa shape index (κ3) is 11.4. The lowest BCUT2D eigenvalue weighted by molar-refractivity contribution is -0.143. The van der Waals surface area contributed by atoms with Crippen LogP contribution >= 0.6 is 11.3 Å². The van der Waals surface area contributed by atoms with Crippen LogP contribution in [-0.2, 0) is 43.2 Å². The molecule has 4 rings (SSSR count). The van der Waals surface area contributed by atoms with Crippen LogP contribution in [-0.4, -0.2) is 70.9 Å². The number of hydrogen-bond donors (Lipinski definition) is 4. The van der Waals surface area contributed by atoms with Crippen LogP contribution < -0.4 is 16.0 Å². The number of pyridine rings is 1. The van der Waals surface area contributed by atoms with Crippen molar-refractivity contribution >= 4 is 56.9 Å². The second-order valence-corrected chi connectivity index (χ2v) is 12.7. The minimum Gasteiger partial charge on any atom is -0.481 e. The number of carbonyl (C=O) groups excluding carboxylic acids is 4. The zero-order valence-corrected chi connectivity index (χ0v) is 27.6. The first-order valence-corrected chi connectivity index (χ1v) is 17.0. The lowest BCUT2D eigenvalue weighted by Crippen LogP contribution is -2.43. The van der Waals surface area contributed by atoms with E-state index < -0.39 is 23.9 Å². The van der Waals surface area contributed by atoms with E-state index in [2.05, 4.69) is 33.1 Å². The summed E-state index contributed by atoms with van der Waals surface area (Å²) in [5.41, 5.74) is 3.92. The molecule has 0 aliphatic carbocycles. The van der Waals surface area contributed by atoms with Crippen LogP contribution in [0, 0.1) is 0 Å². The Hall–Kier alpha value is -4.39. The zero-order valence-electron chi connectivity index (χ0n) is 26.8. The van der Waals surface area contributed by atoms with Crippen LogP contribution in [0.25, 0.3) is 10.2 Å². The van der Waals surface area contributed by atoms with Gasteiger partial charge in [-0.25, -0.2) is 14.8 Å². The van der Waals surface area contributed by atoms with Crippen molar-refractivity contribution in [2.45, 2.75) is 89.5 Å².